The summed E-state index contributed by atoms with van der Waals surface area (Å²) in [7, 11) is 0. The van der Waals surface area contributed by atoms with E-state index in [1.165, 1.54) is 0 Å². The normalized spacial score (nSPS) is 14.8. The molecule has 4 N–H and O–H groups in total. The molecule has 0 amide bonds. The maximum atomic E-state index is 8.72. The third-order valence-corrected chi connectivity index (χ3v) is 0.879. The fraction of sp³-hybridized carbons (Fsp3) is 1.00. The second kappa shape index (κ2) is 9.92. The Labute approximate surface area is 80.6 Å². The molecule has 0 aliphatic rings. The van der Waals surface area contributed by atoms with Gasteiger partial charge < -0.3 is 20.6 Å². The number of hydrogen-bond donors (Lipinski definition) is 4. The first-order chi connectivity index (χ1) is 5.86. The molecule has 0 saturated heterocycles. The molecule has 2 unspecified atom stereocenters. The molecule has 0 heterocycles. The number of aliphatic hydroxyl groups excluding tert-OH is 3. The minimum atomic E-state index is -0.330. The minimum absolute atomic E-state index is 0.167. The SMILES string of the molecule is CC(C)O.CC(O)CNCC(C)O. The minimum Gasteiger partial charge on any atom is -0.394 e. The first-order valence-electron chi connectivity index (χ1n) is 4.61. The van der Waals surface area contributed by atoms with Crippen molar-refractivity contribution >= 4 is 0 Å². The summed E-state index contributed by atoms with van der Waals surface area (Å²) in [6.07, 6.45) is -0.826. The Balaban J connectivity index is 0. The van der Waals surface area contributed by atoms with E-state index in [4.69, 9.17) is 15.3 Å². The second-order valence-corrected chi connectivity index (χ2v) is 3.45. The van der Waals surface area contributed by atoms with Crippen molar-refractivity contribution in [3.05, 3.63) is 0 Å². The Bertz CT molecular complexity index is 84.1. The van der Waals surface area contributed by atoms with Crippen LogP contribution in [0.4, 0.5) is 0 Å². The van der Waals surface area contributed by atoms with Crippen LogP contribution in [-0.2, 0) is 0 Å². The van der Waals surface area contributed by atoms with Crippen LogP contribution in [0.15, 0.2) is 0 Å². The second-order valence-electron chi connectivity index (χ2n) is 3.45. The largest absolute Gasteiger partial charge is 0.394 e. The van der Waals surface area contributed by atoms with E-state index in [9.17, 15) is 0 Å². The standard InChI is InChI=1S/C6H15NO2.C3H8O/c1-5(8)3-7-4-6(2)9;1-3(2)4/h5-9H,3-4H2,1-2H3;3-4H,1-2H3. The lowest BCUT2D eigenvalue weighted by Crippen LogP contribution is -2.30. The highest BCUT2D eigenvalue weighted by Crippen LogP contribution is 1.77. The Morgan fingerprint density at radius 2 is 1.08 bits per heavy atom. The number of nitrogens with one attached hydrogen (secondary N) is 1. The lowest BCUT2D eigenvalue weighted by atomic mass is 10.3. The van der Waals surface area contributed by atoms with E-state index in [-0.39, 0.29) is 18.3 Å². The fourth-order valence-corrected chi connectivity index (χ4v) is 0.501. The highest BCUT2D eigenvalue weighted by Gasteiger charge is 1.96. The van der Waals surface area contributed by atoms with Crippen molar-refractivity contribution in [3.63, 3.8) is 0 Å². The van der Waals surface area contributed by atoms with Gasteiger partial charge in [-0.25, -0.2) is 0 Å². The summed E-state index contributed by atoms with van der Waals surface area (Å²) in [5.74, 6) is 0. The maximum absolute atomic E-state index is 8.72. The Morgan fingerprint density at radius 1 is 0.846 bits per heavy atom. The van der Waals surface area contributed by atoms with Gasteiger partial charge in [0.25, 0.3) is 0 Å². The lowest BCUT2D eigenvalue weighted by molar-refractivity contribution is 0.164. The van der Waals surface area contributed by atoms with Gasteiger partial charge >= 0.3 is 0 Å². The van der Waals surface area contributed by atoms with Gasteiger partial charge in [0.15, 0.2) is 0 Å². The molecule has 13 heavy (non-hydrogen) atoms. The molecule has 4 heteroatoms. The molecule has 2 atom stereocenters. The number of rotatable bonds is 4. The van der Waals surface area contributed by atoms with Gasteiger partial charge in [-0.3, -0.25) is 0 Å². The lowest BCUT2D eigenvalue weighted by Gasteiger charge is -2.07. The van der Waals surface area contributed by atoms with Crippen molar-refractivity contribution in [2.24, 2.45) is 0 Å². The van der Waals surface area contributed by atoms with Gasteiger partial charge in [-0.2, -0.15) is 0 Å². The third-order valence-electron chi connectivity index (χ3n) is 0.879. The van der Waals surface area contributed by atoms with Crippen LogP contribution in [0.1, 0.15) is 27.7 Å². The van der Waals surface area contributed by atoms with Crippen LogP contribution >= 0.6 is 0 Å². The average Bonchev–Trinajstić information content (AvgIpc) is 1.83. The first kappa shape index (κ1) is 15.3. The summed E-state index contributed by atoms with van der Waals surface area (Å²) in [6.45, 7) is 7.94. The molecule has 0 aliphatic heterocycles. The van der Waals surface area contributed by atoms with E-state index in [0.717, 1.165) is 0 Å². The molecule has 4 nitrogen and oxygen atoms in total. The van der Waals surface area contributed by atoms with Crippen LogP contribution in [0.25, 0.3) is 0 Å². The summed E-state index contributed by atoms with van der Waals surface area (Å²) in [4.78, 5) is 0. The van der Waals surface area contributed by atoms with Gasteiger partial charge in [0.1, 0.15) is 0 Å². The highest BCUT2D eigenvalue weighted by atomic mass is 16.3. The van der Waals surface area contributed by atoms with Crippen LogP contribution in [0, 0.1) is 0 Å². The van der Waals surface area contributed by atoms with E-state index >= 15 is 0 Å². The van der Waals surface area contributed by atoms with Crippen molar-refractivity contribution in [3.8, 4) is 0 Å². The molecule has 0 radical (unpaired) electrons. The third kappa shape index (κ3) is 33.6. The Kier molecular flexibility index (Phi) is 11.7. The van der Waals surface area contributed by atoms with Gasteiger partial charge in [0, 0.05) is 19.2 Å². The van der Waals surface area contributed by atoms with E-state index < -0.39 is 0 Å². The van der Waals surface area contributed by atoms with Crippen LogP contribution in [0.2, 0.25) is 0 Å². The average molecular weight is 193 g/mol. The number of hydrogen-bond acceptors (Lipinski definition) is 4. The van der Waals surface area contributed by atoms with Crippen molar-refractivity contribution in [2.45, 2.75) is 46.0 Å². The van der Waals surface area contributed by atoms with E-state index in [1.54, 1.807) is 27.7 Å². The molecular weight excluding hydrogens is 170 g/mol. The smallest absolute Gasteiger partial charge is 0.0636 e. The van der Waals surface area contributed by atoms with Crippen molar-refractivity contribution in [1.29, 1.82) is 0 Å². The maximum Gasteiger partial charge on any atom is 0.0636 e. The Hall–Kier alpha value is -0.160. The zero-order valence-corrected chi connectivity index (χ0v) is 8.99. The molecule has 0 rings (SSSR count). The molecule has 0 aliphatic carbocycles. The van der Waals surface area contributed by atoms with Gasteiger partial charge in [-0.15, -0.1) is 0 Å². The van der Waals surface area contributed by atoms with Crippen LogP contribution < -0.4 is 5.32 Å². The van der Waals surface area contributed by atoms with Gasteiger partial charge in [0.2, 0.25) is 0 Å². The summed E-state index contributed by atoms with van der Waals surface area (Å²) in [5, 5.41) is 28.4. The highest BCUT2D eigenvalue weighted by molar-refractivity contribution is 4.55. The van der Waals surface area contributed by atoms with Crippen LogP contribution in [-0.4, -0.2) is 46.7 Å². The quantitative estimate of drug-likeness (QED) is 0.496. The zero-order valence-electron chi connectivity index (χ0n) is 8.99. The summed E-state index contributed by atoms with van der Waals surface area (Å²) in [6, 6.07) is 0. The van der Waals surface area contributed by atoms with Gasteiger partial charge in [-0.05, 0) is 27.7 Å². The van der Waals surface area contributed by atoms with Gasteiger partial charge in [-0.1, -0.05) is 0 Å². The predicted octanol–water partition coefficient (Wildman–Crippen LogP) is -0.275. The van der Waals surface area contributed by atoms with Crippen molar-refractivity contribution in [1.82, 2.24) is 5.32 Å². The predicted molar refractivity (Wildman–Crippen MR) is 53.6 cm³/mol. The van der Waals surface area contributed by atoms with Crippen LogP contribution in [0.5, 0.6) is 0 Å². The molecule has 0 aromatic heterocycles. The fourth-order valence-electron chi connectivity index (χ4n) is 0.501. The molecule has 0 bridgehead atoms. The molecule has 82 valence electrons. The van der Waals surface area contributed by atoms with Crippen LogP contribution in [0.3, 0.4) is 0 Å². The van der Waals surface area contributed by atoms with E-state index in [2.05, 4.69) is 5.32 Å². The van der Waals surface area contributed by atoms with Crippen molar-refractivity contribution < 1.29 is 15.3 Å². The summed E-state index contributed by atoms with van der Waals surface area (Å²) < 4.78 is 0. The molecule has 0 spiro atoms. The zero-order chi connectivity index (χ0) is 10.9. The molecular formula is C9H23NO3. The van der Waals surface area contributed by atoms with E-state index in [1.807, 2.05) is 0 Å². The summed E-state index contributed by atoms with van der Waals surface area (Å²) >= 11 is 0. The molecule has 0 aromatic carbocycles. The monoisotopic (exact) mass is 193 g/mol. The first-order valence-corrected chi connectivity index (χ1v) is 4.61. The molecule has 0 aromatic rings. The molecule has 0 fully saturated rings. The van der Waals surface area contributed by atoms with Gasteiger partial charge in [0.05, 0.1) is 12.2 Å². The Morgan fingerprint density at radius 3 is 1.23 bits per heavy atom. The topological polar surface area (TPSA) is 72.7 Å². The van der Waals surface area contributed by atoms with Crippen molar-refractivity contribution in [2.75, 3.05) is 13.1 Å². The molecule has 0 saturated carbocycles. The summed E-state index contributed by atoms with van der Waals surface area (Å²) in [5.41, 5.74) is 0. The number of aliphatic hydroxyl groups is 3. The van der Waals surface area contributed by atoms with E-state index in [0.29, 0.717) is 13.1 Å².